The number of hydrogen-bond acceptors (Lipinski definition) is 3. The molecule has 1 aromatic carbocycles. The van der Waals surface area contributed by atoms with Gasteiger partial charge in [0.2, 0.25) is 0 Å². The van der Waals surface area contributed by atoms with E-state index in [1.165, 1.54) is 0 Å². The summed E-state index contributed by atoms with van der Waals surface area (Å²) in [5, 5.41) is 13.7. The van der Waals surface area contributed by atoms with E-state index in [2.05, 4.69) is 10.7 Å². The Morgan fingerprint density at radius 3 is 2.52 bits per heavy atom. The second kappa shape index (κ2) is 6.74. The van der Waals surface area contributed by atoms with Gasteiger partial charge in [0.25, 0.3) is 5.72 Å². The first-order valence-corrected chi connectivity index (χ1v) is 8.52. The molecule has 0 aromatic heterocycles. The Morgan fingerprint density at radius 1 is 1.40 bits per heavy atom. The third-order valence-corrected chi connectivity index (χ3v) is 4.58. The van der Waals surface area contributed by atoms with Crippen LogP contribution in [-0.2, 0) is 0 Å². The van der Waals surface area contributed by atoms with Crippen molar-refractivity contribution in [1.29, 1.82) is 0 Å². The molecule has 3 N–H and O–H groups in total. The fraction of sp³-hybridized carbons (Fsp3) is 0.588. The van der Waals surface area contributed by atoms with Gasteiger partial charge in [0.1, 0.15) is 0 Å². The van der Waals surface area contributed by atoms with Crippen LogP contribution >= 0.6 is 12.2 Å². The summed E-state index contributed by atoms with van der Waals surface area (Å²) in [6, 6.07) is 7.12. The van der Waals surface area contributed by atoms with Crippen molar-refractivity contribution in [2.24, 2.45) is 5.92 Å². The molecule has 25 heavy (non-hydrogen) atoms. The molecule has 1 heterocycles. The number of aliphatic hydroxyl groups is 1. The molecular formula is C17H24F3N3OS. The third kappa shape index (κ3) is 4.07. The summed E-state index contributed by atoms with van der Waals surface area (Å²) in [5.41, 5.74) is 0.239. The maximum atomic E-state index is 13.6. The number of rotatable bonds is 3. The van der Waals surface area contributed by atoms with E-state index in [0.29, 0.717) is 17.1 Å². The fourth-order valence-electron chi connectivity index (χ4n) is 3.37. The summed E-state index contributed by atoms with van der Waals surface area (Å²) in [7, 11) is 0. The predicted octanol–water partition coefficient (Wildman–Crippen LogP) is 3.96. The second-order valence-corrected chi connectivity index (χ2v) is 7.73. The zero-order valence-electron chi connectivity index (χ0n) is 14.7. The van der Waals surface area contributed by atoms with Crippen molar-refractivity contribution < 1.29 is 18.3 Å². The van der Waals surface area contributed by atoms with Crippen molar-refractivity contribution in [2.45, 2.75) is 58.0 Å². The van der Waals surface area contributed by atoms with E-state index >= 15 is 0 Å². The van der Waals surface area contributed by atoms with E-state index < -0.39 is 23.9 Å². The molecule has 0 saturated carbocycles. The van der Waals surface area contributed by atoms with Crippen molar-refractivity contribution in [1.82, 2.24) is 10.4 Å². The number of aryl methyl sites for hydroxylation is 1. The summed E-state index contributed by atoms with van der Waals surface area (Å²) < 4.78 is 40.9. The van der Waals surface area contributed by atoms with Gasteiger partial charge in [0.15, 0.2) is 5.11 Å². The average molecular weight is 375 g/mol. The van der Waals surface area contributed by atoms with Crippen LogP contribution in [0.2, 0.25) is 0 Å². The van der Waals surface area contributed by atoms with Crippen molar-refractivity contribution in [3.63, 3.8) is 0 Å². The van der Waals surface area contributed by atoms with Gasteiger partial charge >= 0.3 is 6.18 Å². The van der Waals surface area contributed by atoms with E-state index in [1.807, 2.05) is 32.9 Å². The van der Waals surface area contributed by atoms with E-state index in [0.717, 1.165) is 5.56 Å². The van der Waals surface area contributed by atoms with Crippen LogP contribution in [-0.4, -0.2) is 32.7 Å². The first-order chi connectivity index (χ1) is 11.4. The zero-order chi connectivity index (χ0) is 19.0. The number of nitrogens with one attached hydrogen (secondary N) is 2. The topological polar surface area (TPSA) is 47.5 Å². The molecule has 0 bridgehead atoms. The molecule has 0 spiro atoms. The van der Waals surface area contributed by atoms with Gasteiger partial charge in [-0.05, 0) is 50.0 Å². The highest BCUT2D eigenvalue weighted by Crippen LogP contribution is 2.45. The predicted molar refractivity (Wildman–Crippen MR) is 95.9 cm³/mol. The molecule has 4 nitrogen and oxygen atoms in total. The van der Waals surface area contributed by atoms with Gasteiger partial charge < -0.3 is 10.4 Å². The van der Waals surface area contributed by atoms with Gasteiger partial charge in [0, 0.05) is 17.6 Å². The number of hydrogen-bond donors (Lipinski definition) is 3. The van der Waals surface area contributed by atoms with Gasteiger partial charge in [-0.15, -0.1) is 0 Å². The van der Waals surface area contributed by atoms with Crippen LogP contribution in [0.5, 0.6) is 0 Å². The van der Waals surface area contributed by atoms with Crippen LogP contribution in [0.4, 0.5) is 18.9 Å². The standard InChI is InChI=1S/C17H24F3N3OS/c1-11(2)9-15(4)10-16(24,17(18,19)20)23(22-15)14(25)21-13-8-6-5-7-12(13)3/h5-8,11,22,24H,9-10H2,1-4H3,(H,21,25). The number of anilines is 1. The van der Waals surface area contributed by atoms with Gasteiger partial charge in [0.05, 0.1) is 0 Å². The number of halogens is 3. The molecule has 2 atom stereocenters. The summed E-state index contributed by atoms with van der Waals surface area (Å²) in [6.45, 7) is 7.33. The highest BCUT2D eigenvalue weighted by Gasteiger charge is 2.66. The molecule has 140 valence electrons. The van der Waals surface area contributed by atoms with Crippen LogP contribution in [0.3, 0.4) is 0 Å². The van der Waals surface area contributed by atoms with Gasteiger partial charge in [-0.2, -0.15) is 13.2 Å². The highest BCUT2D eigenvalue weighted by molar-refractivity contribution is 7.80. The van der Waals surface area contributed by atoms with Crippen molar-refractivity contribution in [3.8, 4) is 0 Å². The first kappa shape index (κ1) is 19.9. The van der Waals surface area contributed by atoms with Crippen LogP contribution in [0.25, 0.3) is 0 Å². The molecular weight excluding hydrogens is 351 g/mol. The molecule has 1 saturated heterocycles. The summed E-state index contributed by atoms with van der Waals surface area (Å²) in [5.74, 6) is 0.160. The lowest BCUT2D eigenvalue weighted by atomic mass is 9.86. The molecule has 0 aliphatic carbocycles. The molecule has 1 fully saturated rings. The number of benzene rings is 1. The number of thiocarbonyl (C=S) groups is 1. The molecule has 2 rings (SSSR count). The smallest absolute Gasteiger partial charge is 0.362 e. The normalized spacial score (nSPS) is 27.0. The van der Waals surface area contributed by atoms with Crippen molar-refractivity contribution in [3.05, 3.63) is 29.8 Å². The quantitative estimate of drug-likeness (QED) is 0.698. The summed E-state index contributed by atoms with van der Waals surface area (Å²) in [6.07, 6.45) is -4.89. The van der Waals surface area contributed by atoms with E-state index in [-0.39, 0.29) is 11.0 Å². The summed E-state index contributed by atoms with van der Waals surface area (Å²) in [4.78, 5) is 0. The zero-order valence-corrected chi connectivity index (χ0v) is 15.6. The number of alkyl halides is 3. The Bertz CT molecular complexity index is 652. The van der Waals surface area contributed by atoms with Crippen LogP contribution < -0.4 is 10.7 Å². The van der Waals surface area contributed by atoms with Crippen LogP contribution in [0.1, 0.15) is 39.2 Å². The van der Waals surface area contributed by atoms with Gasteiger partial charge in [-0.25, -0.2) is 10.4 Å². The Kier molecular flexibility index (Phi) is 5.37. The van der Waals surface area contributed by atoms with E-state index in [1.54, 1.807) is 19.1 Å². The molecule has 0 radical (unpaired) electrons. The van der Waals surface area contributed by atoms with Crippen molar-refractivity contribution in [2.75, 3.05) is 5.32 Å². The number of para-hydroxylation sites is 1. The lowest BCUT2D eigenvalue weighted by Gasteiger charge is -2.35. The lowest BCUT2D eigenvalue weighted by molar-refractivity contribution is -0.296. The Labute approximate surface area is 151 Å². The Balaban J connectivity index is 2.32. The van der Waals surface area contributed by atoms with E-state index in [9.17, 15) is 18.3 Å². The fourth-order valence-corrected chi connectivity index (χ4v) is 3.68. The first-order valence-electron chi connectivity index (χ1n) is 8.12. The monoisotopic (exact) mass is 375 g/mol. The molecule has 1 aromatic rings. The highest BCUT2D eigenvalue weighted by atomic mass is 32.1. The lowest BCUT2D eigenvalue weighted by Crippen LogP contribution is -2.61. The van der Waals surface area contributed by atoms with Gasteiger partial charge in [-0.1, -0.05) is 32.0 Å². The van der Waals surface area contributed by atoms with Crippen LogP contribution in [0.15, 0.2) is 24.3 Å². The molecule has 1 aliphatic heterocycles. The SMILES string of the molecule is Cc1ccccc1NC(=S)N1NC(C)(CC(C)C)CC1(O)C(F)(F)F. The number of hydrazine groups is 1. The summed E-state index contributed by atoms with van der Waals surface area (Å²) >= 11 is 5.18. The maximum Gasteiger partial charge on any atom is 0.438 e. The molecule has 0 amide bonds. The molecule has 2 unspecified atom stereocenters. The van der Waals surface area contributed by atoms with Crippen molar-refractivity contribution >= 4 is 23.0 Å². The second-order valence-electron chi connectivity index (χ2n) is 7.34. The Morgan fingerprint density at radius 2 is 2.00 bits per heavy atom. The molecule has 1 aliphatic rings. The number of nitrogens with zero attached hydrogens (tertiary/aromatic N) is 1. The van der Waals surface area contributed by atoms with Crippen LogP contribution in [0, 0.1) is 12.8 Å². The minimum absolute atomic E-state index is 0.160. The van der Waals surface area contributed by atoms with E-state index in [4.69, 9.17) is 12.2 Å². The third-order valence-electron chi connectivity index (χ3n) is 4.29. The average Bonchev–Trinajstić information content (AvgIpc) is 2.72. The Hall–Kier alpha value is -1.38. The van der Waals surface area contributed by atoms with Gasteiger partial charge in [-0.3, -0.25) is 0 Å². The minimum Gasteiger partial charge on any atom is -0.362 e. The largest absolute Gasteiger partial charge is 0.438 e. The minimum atomic E-state index is -4.85. The molecule has 8 heteroatoms. The maximum absolute atomic E-state index is 13.6.